The van der Waals surface area contributed by atoms with E-state index in [1.807, 2.05) is 0 Å². The van der Waals surface area contributed by atoms with Crippen LogP contribution in [0.15, 0.2) is 24.3 Å². The second kappa shape index (κ2) is 7.80. The normalized spacial score (nSPS) is 39.0. The second-order valence-corrected chi connectivity index (χ2v) is 21.0. The Kier molecular flexibility index (Phi) is 4.48. The smallest absolute Gasteiger partial charge is 0.291 e. The van der Waals surface area contributed by atoms with Gasteiger partial charge in [0.15, 0.2) is 0 Å². The van der Waals surface area contributed by atoms with Gasteiger partial charge in [-0.25, -0.2) is 0 Å². The van der Waals surface area contributed by atoms with Gasteiger partial charge in [0.2, 0.25) is 0 Å². The fourth-order valence-electron chi connectivity index (χ4n) is 14.5. The first-order chi connectivity index (χ1) is 22.1. The van der Waals surface area contributed by atoms with Gasteiger partial charge in [-0.1, -0.05) is 39.8 Å². The largest absolute Gasteiger partial charge is 0.311 e. The molecule has 5 heteroatoms. The zero-order valence-corrected chi connectivity index (χ0v) is 30.7. The summed E-state index contributed by atoms with van der Waals surface area (Å²) in [7, 11) is 0. The Balaban J connectivity index is 1.22. The maximum atomic E-state index is 4.52. The maximum Gasteiger partial charge on any atom is 0.291 e. The lowest BCUT2D eigenvalue weighted by Gasteiger charge is -2.43. The van der Waals surface area contributed by atoms with Crippen LogP contribution in [0.3, 0.4) is 0 Å². The molecule has 5 saturated carbocycles. The second-order valence-electron chi connectivity index (χ2n) is 19.1. The van der Waals surface area contributed by atoms with Crippen LogP contribution < -0.4 is 21.9 Å². The van der Waals surface area contributed by atoms with Crippen molar-refractivity contribution in [2.45, 2.75) is 108 Å². The summed E-state index contributed by atoms with van der Waals surface area (Å²) >= 11 is 9.04. The van der Waals surface area contributed by atoms with Crippen LogP contribution in [0.25, 0.3) is 27.5 Å². The van der Waals surface area contributed by atoms with Crippen LogP contribution in [-0.2, 0) is 5.41 Å². The minimum atomic E-state index is 0.0970. The van der Waals surface area contributed by atoms with Gasteiger partial charge in [0, 0.05) is 16.5 Å². The van der Waals surface area contributed by atoms with Crippen LogP contribution >= 0.6 is 31.5 Å². The zero-order valence-electron chi connectivity index (χ0n) is 27.5. The lowest BCUT2D eigenvalue weighted by molar-refractivity contribution is 0.0725. The molecule has 230 valence electrons. The Morgan fingerprint density at radius 1 is 0.739 bits per heavy atom. The van der Waals surface area contributed by atoms with Gasteiger partial charge in [-0.15, -0.1) is 31.5 Å². The van der Waals surface area contributed by atoms with Gasteiger partial charge in [-0.05, 0) is 177 Å². The molecule has 3 heterocycles. The van der Waals surface area contributed by atoms with E-state index in [-0.39, 0.29) is 16.5 Å². The van der Waals surface area contributed by atoms with Crippen LogP contribution in [0.2, 0.25) is 0 Å². The molecule has 0 radical (unpaired) electrons. The van der Waals surface area contributed by atoms with Gasteiger partial charge >= 0.3 is 0 Å². The number of halogens is 2. The van der Waals surface area contributed by atoms with E-state index in [0.29, 0.717) is 11.3 Å². The van der Waals surface area contributed by atoms with Crippen LogP contribution in [0.5, 0.6) is 0 Å². The first-order valence-electron chi connectivity index (χ1n) is 18.8. The minimum absolute atomic E-state index is 0.0970. The van der Waals surface area contributed by atoms with Crippen molar-refractivity contribution in [3.8, 4) is 5.69 Å². The third-order valence-corrected chi connectivity index (χ3v) is 18.3. The quantitative estimate of drug-likeness (QED) is 0.161. The van der Waals surface area contributed by atoms with Crippen LogP contribution in [0, 0.1) is 35.0 Å². The molecule has 3 aromatic carbocycles. The number of rotatable bonds is 0. The molecule has 4 aromatic rings. The lowest BCUT2D eigenvalue weighted by Crippen LogP contribution is -2.55. The molecule has 0 N–H and O–H groups in total. The Morgan fingerprint density at radius 3 is 2.09 bits per heavy atom. The van der Waals surface area contributed by atoms with Crippen molar-refractivity contribution in [1.29, 1.82) is 0 Å². The molecule has 10 atom stereocenters. The molecule has 1 aromatic heterocycles. The molecule has 1 spiro atoms. The van der Waals surface area contributed by atoms with E-state index in [2.05, 4.69) is 88.0 Å². The maximum absolute atomic E-state index is 4.52. The molecule has 10 unspecified atom stereocenters. The van der Waals surface area contributed by atoms with E-state index in [4.69, 9.17) is 0 Å². The molecule has 4 bridgehead atoms. The first kappa shape index (κ1) is 26.4. The van der Waals surface area contributed by atoms with Crippen molar-refractivity contribution in [1.82, 2.24) is 4.57 Å². The summed E-state index contributed by atoms with van der Waals surface area (Å²) in [5.74, 6) is 7.90. The Bertz CT molecular complexity index is 2190. The average Bonchev–Trinajstić information content (AvgIpc) is 3.30. The van der Waals surface area contributed by atoms with Crippen molar-refractivity contribution >= 4 is 86.2 Å². The molecule has 1 nitrogen and oxygen atoms in total. The van der Waals surface area contributed by atoms with Crippen LogP contribution in [-0.4, -0.2) is 15.6 Å². The van der Waals surface area contributed by atoms with E-state index >= 15 is 0 Å². The van der Waals surface area contributed by atoms with Crippen LogP contribution in [0.4, 0.5) is 0 Å². The topological polar surface area (TPSA) is 4.93 Å². The van der Waals surface area contributed by atoms with Crippen molar-refractivity contribution in [2.24, 2.45) is 35.0 Å². The zero-order chi connectivity index (χ0) is 30.5. The summed E-state index contributed by atoms with van der Waals surface area (Å²) in [6.45, 7) is 9.84. The number of fused-ring (bicyclic) bond motifs is 10. The molecule has 2 aliphatic heterocycles. The number of nitrogens with zero attached hydrogens (tertiary/aromatic N) is 1. The summed E-state index contributed by atoms with van der Waals surface area (Å²) in [6, 6.07) is 10.8. The van der Waals surface area contributed by atoms with E-state index in [1.165, 1.54) is 73.5 Å². The third kappa shape index (κ3) is 2.71. The van der Waals surface area contributed by atoms with Crippen molar-refractivity contribution in [3.63, 3.8) is 0 Å². The summed E-state index contributed by atoms with van der Waals surface area (Å²) in [6.07, 6.45) is 11.7. The number of hydrogen-bond donors (Lipinski definition) is 0. The lowest BCUT2D eigenvalue weighted by atomic mass is 9.51. The molecular weight excluding hydrogens is 688 g/mol. The van der Waals surface area contributed by atoms with Gasteiger partial charge in [0.25, 0.3) is 11.1 Å². The highest BCUT2D eigenvalue weighted by atomic mass is 79.9. The van der Waals surface area contributed by atoms with Crippen molar-refractivity contribution < 1.29 is 0 Å². The number of hydrogen-bond acceptors (Lipinski definition) is 0. The van der Waals surface area contributed by atoms with Crippen molar-refractivity contribution in [2.75, 3.05) is 0 Å². The van der Waals surface area contributed by atoms with Gasteiger partial charge in [-0.3, -0.25) is 0 Å². The highest BCUT2D eigenvalue weighted by Gasteiger charge is 2.72. The van der Waals surface area contributed by atoms with Crippen LogP contribution in [0.1, 0.15) is 131 Å². The Hall–Kier alpha value is -1.45. The summed E-state index contributed by atoms with van der Waals surface area (Å²) in [5, 5.41) is 3.16. The number of benzene rings is 3. The molecule has 9 aliphatic rings. The predicted octanol–water partition coefficient (Wildman–Crippen LogP) is 8.35. The van der Waals surface area contributed by atoms with Gasteiger partial charge in [-0.2, -0.15) is 0 Å². The minimum Gasteiger partial charge on any atom is -0.311 e. The highest BCUT2D eigenvalue weighted by molar-refractivity contribution is 9.25. The fourth-order valence-corrected chi connectivity index (χ4v) is 16.1. The molecular formula is C41H41B2Br2N. The Labute approximate surface area is 290 Å². The van der Waals surface area contributed by atoms with Gasteiger partial charge in [0.1, 0.15) is 0 Å². The molecule has 5 fully saturated rings. The third-order valence-electron chi connectivity index (χ3n) is 16.4. The molecule has 7 aliphatic carbocycles. The predicted molar refractivity (Wildman–Crippen MR) is 201 cm³/mol. The van der Waals surface area contributed by atoms with E-state index in [0.717, 1.165) is 47.3 Å². The van der Waals surface area contributed by atoms with E-state index in [1.54, 1.807) is 55.0 Å². The van der Waals surface area contributed by atoms with Gasteiger partial charge < -0.3 is 4.57 Å². The number of aromatic nitrogens is 1. The first-order valence-corrected chi connectivity index (χ1v) is 20.6. The van der Waals surface area contributed by atoms with E-state index < -0.39 is 0 Å². The fraction of sp³-hybridized carbons (Fsp3) is 0.561. The molecule has 13 rings (SSSR count). The average molecular weight is 729 g/mol. The monoisotopic (exact) mass is 727 g/mol. The van der Waals surface area contributed by atoms with Crippen molar-refractivity contribution in [3.05, 3.63) is 52.1 Å². The molecule has 46 heavy (non-hydrogen) atoms. The Morgan fingerprint density at radius 2 is 1.37 bits per heavy atom. The highest BCUT2D eigenvalue weighted by Crippen LogP contribution is 2.82. The van der Waals surface area contributed by atoms with Gasteiger partial charge in [0.05, 0.1) is 11.0 Å². The summed E-state index contributed by atoms with van der Waals surface area (Å²) in [5.41, 5.74) is 20.8. The standard InChI is InChI=1S/C41H41B2Br2N/c1-17-5-18-6-19-7-20(9-24(18)19)25-13-27-28-14-26-21-8-22-15-41(29(22)10-21)16-30(41)34(26)36-38(28)46-37(27)35(33(17)25)42(44)31-11-23(40(2,3)4)12-32(39(31)46)43(36)45/h11-14,17-22,24,29-30H,5-10,15-16H2,1-4H3. The molecule has 0 saturated heterocycles. The molecule has 0 amide bonds. The summed E-state index contributed by atoms with van der Waals surface area (Å²) < 4.78 is 2.85. The summed E-state index contributed by atoms with van der Waals surface area (Å²) in [4.78, 5) is 0. The SMILES string of the molecule is CC1CC2CC3CC(CC23)c2cc3c4cc5c(c6c4n4c3c(c21)B(Br)c1cc(C(C)(C)C)cc(c1-4)B6Br)C1CC12CC1CC5CC12. The van der Waals surface area contributed by atoms with E-state index in [9.17, 15) is 0 Å².